The van der Waals surface area contributed by atoms with Crippen molar-refractivity contribution in [3.63, 3.8) is 0 Å². The van der Waals surface area contributed by atoms with Gasteiger partial charge in [0, 0.05) is 54.4 Å². The van der Waals surface area contributed by atoms with Crippen LogP contribution in [0.5, 0.6) is 0 Å². The molecule has 3 aliphatic carbocycles. The molecule has 4 aliphatic heterocycles. The molecule has 7 aliphatic rings. The van der Waals surface area contributed by atoms with Gasteiger partial charge in [0.2, 0.25) is 11.8 Å². The number of aliphatic hydroxyl groups is 9. The molecule has 4 aromatic carbocycles. The second-order valence-electron chi connectivity index (χ2n) is 30.5. The Bertz CT molecular complexity index is 4510. The van der Waals surface area contributed by atoms with E-state index in [1.54, 1.807) is 108 Å². The number of likely N-dealkylation sites (tertiary alicyclic amines) is 1. The van der Waals surface area contributed by atoms with Gasteiger partial charge in [0.15, 0.2) is 25.0 Å². The van der Waals surface area contributed by atoms with Crippen LogP contribution in [0.4, 0.5) is 0 Å². The van der Waals surface area contributed by atoms with E-state index in [-0.39, 0.29) is 73.7 Å². The normalized spacial score (nSPS) is 32.4. The zero-order valence-electron chi connectivity index (χ0n) is 62.7. The first-order valence-electron chi connectivity index (χ1n) is 39.1. The van der Waals surface area contributed by atoms with Crippen LogP contribution in [0, 0.1) is 17.8 Å². The van der Waals surface area contributed by atoms with Crippen molar-refractivity contribution in [3.05, 3.63) is 165 Å². The monoisotopic (exact) mass is 1590 g/mol. The van der Waals surface area contributed by atoms with Crippen molar-refractivity contribution in [1.82, 2.24) is 30.5 Å². The number of carbonyl (C=O) groups excluding carboxylic acids is 4. The number of amides is 3. The Hall–Kier alpha value is -8.40. The average molecular weight is 1590 g/mol. The summed E-state index contributed by atoms with van der Waals surface area (Å²) in [6.07, 6.45) is -26.8. The predicted octanol–water partition coefficient (Wildman–Crippen LogP) is 1.97. The Balaban J connectivity index is 0.733. The van der Waals surface area contributed by atoms with Gasteiger partial charge in [0.05, 0.1) is 79.8 Å². The van der Waals surface area contributed by atoms with Crippen molar-refractivity contribution >= 4 is 45.6 Å². The van der Waals surface area contributed by atoms with Crippen molar-refractivity contribution in [3.8, 4) is 11.3 Å². The molecule has 114 heavy (non-hydrogen) atoms. The van der Waals surface area contributed by atoms with Gasteiger partial charge in [-0.25, -0.2) is 19.1 Å². The molecule has 0 radical (unpaired) electrons. The first kappa shape index (κ1) is 82.1. The van der Waals surface area contributed by atoms with Crippen molar-refractivity contribution in [2.24, 2.45) is 17.8 Å². The molecule has 0 bridgehead atoms. The third kappa shape index (κ3) is 18.7. The van der Waals surface area contributed by atoms with Crippen LogP contribution in [0.25, 0.3) is 33.2 Å². The number of aromatic nitrogens is 3. The molecule has 33 heteroatoms. The minimum absolute atomic E-state index is 0.0428. The number of nitrogens with zero attached hydrogens (tertiary/aromatic N) is 4. The third-order valence-electron chi connectivity index (χ3n) is 22.9. The van der Waals surface area contributed by atoms with E-state index in [0.717, 1.165) is 38.5 Å². The Labute approximate surface area is 653 Å². The van der Waals surface area contributed by atoms with Gasteiger partial charge in [-0.2, -0.15) is 0 Å². The van der Waals surface area contributed by atoms with Crippen LogP contribution in [-0.2, 0) is 75.0 Å². The van der Waals surface area contributed by atoms with Gasteiger partial charge < -0.3 is 118 Å². The van der Waals surface area contributed by atoms with Crippen LogP contribution < -0.4 is 21.9 Å². The zero-order chi connectivity index (χ0) is 79.8. The molecule has 33 nitrogen and oxygen atoms in total. The van der Waals surface area contributed by atoms with Gasteiger partial charge in [0.1, 0.15) is 96.2 Å². The van der Waals surface area contributed by atoms with Gasteiger partial charge in [-0.05, 0) is 87.8 Å². The number of esters is 1. The molecule has 3 saturated carbocycles. The summed E-state index contributed by atoms with van der Waals surface area (Å²) in [6, 6.07) is 32.5. The lowest BCUT2D eigenvalue weighted by atomic mass is 9.80. The molecule has 0 spiro atoms. The van der Waals surface area contributed by atoms with Crippen molar-refractivity contribution in [2.75, 3.05) is 39.4 Å². The fourth-order valence-corrected chi connectivity index (χ4v) is 16.3. The molecule has 14 rings (SSSR count). The quantitative estimate of drug-likeness (QED) is 0.0190. The van der Waals surface area contributed by atoms with Crippen LogP contribution in [0.3, 0.4) is 0 Å². The number of hydrogen-bond acceptors (Lipinski definition) is 29. The minimum Gasteiger partial charge on any atom is -0.450 e. The summed E-state index contributed by atoms with van der Waals surface area (Å²) in [6.45, 7) is -0.557. The second kappa shape index (κ2) is 37.3. The Kier molecular flexibility index (Phi) is 26.8. The van der Waals surface area contributed by atoms with E-state index in [1.165, 1.54) is 29.8 Å². The Morgan fingerprint density at radius 2 is 1.11 bits per heavy atom. The Morgan fingerprint density at radius 1 is 0.553 bits per heavy atom. The van der Waals surface area contributed by atoms with E-state index in [1.807, 2.05) is 6.07 Å². The number of carbonyl (C=O) groups is 4. The molecular formula is C81H98N6O27. The molecule has 3 aromatic heterocycles. The molecule has 614 valence electrons. The van der Waals surface area contributed by atoms with E-state index in [2.05, 4.69) is 20.9 Å². The molecular weight excluding hydrogens is 1490 g/mol. The molecule has 24 atom stereocenters. The van der Waals surface area contributed by atoms with Gasteiger partial charge in [-0.1, -0.05) is 122 Å². The number of hydrogen-bond donors (Lipinski definition) is 11. The van der Waals surface area contributed by atoms with Crippen LogP contribution in [0.1, 0.15) is 105 Å². The van der Waals surface area contributed by atoms with E-state index in [4.69, 9.17) is 56.2 Å². The van der Waals surface area contributed by atoms with E-state index < -0.39 is 202 Å². The second-order valence-corrected chi connectivity index (χ2v) is 30.5. The highest BCUT2D eigenvalue weighted by Crippen LogP contribution is 2.43. The predicted molar refractivity (Wildman–Crippen MR) is 397 cm³/mol. The highest BCUT2D eigenvalue weighted by Gasteiger charge is 2.56. The summed E-state index contributed by atoms with van der Waals surface area (Å²) < 4.78 is 76.6. The van der Waals surface area contributed by atoms with Crippen molar-refractivity contribution in [1.29, 1.82) is 0 Å². The zero-order valence-corrected chi connectivity index (χ0v) is 62.7. The van der Waals surface area contributed by atoms with E-state index >= 15 is 4.79 Å². The van der Waals surface area contributed by atoms with Gasteiger partial charge in [0.25, 0.3) is 5.91 Å². The topological polar surface area (TPSA) is 461 Å². The maximum absolute atomic E-state index is 15.2. The molecule has 4 saturated heterocycles. The number of para-hydroxylation sites is 2. The van der Waals surface area contributed by atoms with Gasteiger partial charge >= 0.3 is 17.2 Å². The van der Waals surface area contributed by atoms with E-state index in [9.17, 15) is 69.9 Å². The SMILES string of the molecule is CC1O[C@@H](OC2C(n3cc(-c4ccccc4)nn3)CC(C(=O)NCCNC(=O)C3CC(OCc4cc5ccccc5oc4=O)C(O)[C@H](O[C@@H]4OC(CO)[C@H](O)C(OCc5cc6ccccc6oc5=O)C4O)C3)C[C@H]2O[C@@H]2OC(CO)[C@H](O)C(O[C@@H](CC3CCCCC3)C(=O)N3CCC3)C2OC(=O)c2ccccc2)C(O)C(O)[C@@H]1O. The van der Waals surface area contributed by atoms with Crippen molar-refractivity contribution in [2.45, 2.75) is 226 Å². The molecule has 3 amide bonds. The molecule has 7 aromatic rings. The number of benzene rings is 4. The summed E-state index contributed by atoms with van der Waals surface area (Å²) in [5.41, 5.74) is 0.398. The minimum atomic E-state index is -1.89. The average Bonchev–Trinajstić information content (AvgIpc) is 1.33. The fourth-order valence-electron chi connectivity index (χ4n) is 16.3. The number of fused-ring (bicyclic) bond motifs is 2. The third-order valence-corrected chi connectivity index (χ3v) is 22.9. The highest BCUT2D eigenvalue weighted by atomic mass is 16.8. The maximum atomic E-state index is 15.2. The number of ether oxygens (including phenoxy) is 10. The lowest BCUT2D eigenvalue weighted by Gasteiger charge is -2.49. The van der Waals surface area contributed by atoms with E-state index in [0.29, 0.717) is 46.3 Å². The summed E-state index contributed by atoms with van der Waals surface area (Å²) in [5, 5.41) is 119. The van der Waals surface area contributed by atoms with Crippen LogP contribution in [0.2, 0.25) is 0 Å². The first-order chi connectivity index (χ1) is 55.2. The Morgan fingerprint density at radius 3 is 1.75 bits per heavy atom. The molecule has 7 fully saturated rings. The lowest BCUT2D eigenvalue weighted by molar-refractivity contribution is -0.348. The maximum Gasteiger partial charge on any atom is 0.341 e. The van der Waals surface area contributed by atoms with Crippen LogP contribution >= 0.6 is 0 Å². The van der Waals surface area contributed by atoms with Gasteiger partial charge in [-0.15, -0.1) is 5.10 Å². The van der Waals surface area contributed by atoms with Crippen molar-refractivity contribution < 1.29 is 121 Å². The number of aliphatic hydroxyl groups excluding tert-OH is 9. The molecule has 15 unspecified atom stereocenters. The van der Waals surface area contributed by atoms with Crippen LogP contribution in [-0.4, -0.2) is 258 Å². The lowest BCUT2D eigenvalue weighted by Crippen LogP contribution is -2.64. The summed E-state index contributed by atoms with van der Waals surface area (Å²) >= 11 is 0. The fraction of sp³-hybridized carbons (Fsp3) is 0.556. The smallest absolute Gasteiger partial charge is 0.341 e. The largest absolute Gasteiger partial charge is 0.450 e. The molecule has 11 N–H and O–H groups in total. The molecule has 7 heterocycles. The standard InChI is InChI=1S/C81H98N6O27/c1-42-62(90)66(94)67(95)79(105-42)114-69-53(87-37-52(84-85-87)44-18-7-3-8-19-44)33-48(36-58(69)110-81-72(113-76(100)45-20-9-4-10-21-45)71(65(93)61(39-89)112-81)106-59(75(99)86-28-15-29-86)30-43-16-5-2-6-17-43)73(97)82-26-27-83-74(98)49-34-56(103-40-50-31-46-22-11-13-24-54(46)107-77(50)101)63(91)57(35-49)109-80-68(96)70(64(92)60(38-88)111-80)104-41-51-32-47-23-12-14-25-55(47)108-78(51)102/h3-4,7-14,18-25,31-32,37,42-43,48-49,53,56-72,79-81,88-96H,2,5-6,15-17,26-30,33-36,38-41H2,1H3,(H,82,97)(H,83,98)/t42?,48?,49?,53?,56?,57-,58-,59+,60?,61?,62-,63?,64+,65+,66?,67?,68?,69?,70?,71?,72?,79+,80-,81-/m1/s1. The van der Waals surface area contributed by atoms with Gasteiger partial charge in [-0.3, -0.25) is 14.4 Å². The summed E-state index contributed by atoms with van der Waals surface area (Å²) in [7, 11) is 0. The highest BCUT2D eigenvalue weighted by molar-refractivity contribution is 5.89. The number of nitrogens with one attached hydrogen (secondary N) is 2. The van der Waals surface area contributed by atoms with Crippen LogP contribution in [0.15, 0.2) is 146 Å². The summed E-state index contributed by atoms with van der Waals surface area (Å²) in [5.74, 6) is -4.57. The first-order valence-corrected chi connectivity index (χ1v) is 39.1. The number of rotatable bonds is 28. The summed E-state index contributed by atoms with van der Waals surface area (Å²) in [4.78, 5) is 87.1.